The summed E-state index contributed by atoms with van der Waals surface area (Å²) in [5.74, 6) is -1.95. The minimum atomic E-state index is -1.07. The second kappa shape index (κ2) is 26.3. The molecule has 1 aliphatic rings. The third kappa shape index (κ3) is 19.2. The first kappa shape index (κ1) is 40.1. The maximum atomic E-state index is 12.8. The summed E-state index contributed by atoms with van der Waals surface area (Å²) in [7, 11) is 0. The van der Waals surface area contributed by atoms with E-state index in [9.17, 15) is 33.6 Å². The number of imide groups is 1. The number of likely N-dealkylation sites (tertiary alicyclic amines) is 1. The van der Waals surface area contributed by atoms with Crippen LogP contribution in [0, 0.1) is 0 Å². The highest BCUT2D eigenvalue weighted by atomic mass is 32.2. The lowest BCUT2D eigenvalue weighted by Gasteiger charge is -2.19. The zero-order valence-corrected chi connectivity index (χ0v) is 26.6. The molecular formula is C28H46N4O12S. The monoisotopic (exact) mass is 662 g/mol. The second-order valence-corrected chi connectivity index (χ2v) is 10.7. The number of amides is 5. The first-order valence-corrected chi connectivity index (χ1v) is 15.9. The molecule has 0 aromatic carbocycles. The van der Waals surface area contributed by atoms with Crippen molar-refractivity contribution >= 4 is 53.9 Å². The van der Waals surface area contributed by atoms with E-state index in [4.69, 9.17) is 23.7 Å². The van der Waals surface area contributed by atoms with E-state index >= 15 is 0 Å². The van der Waals surface area contributed by atoms with Crippen molar-refractivity contribution in [1.82, 2.24) is 20.9 Å². The van der Waals surface area contributed by atoms with E-state index < -0.39 is 29.0 Å². The quantitative estimate of drug-likeness (QED) is 0.0462. The van der Waals surface area contributed by atoms with E-state index in [1.807, 2.05) is 0 Å². The Labute approximate surface area is 267 Å². The number of nitrogens with one attached hydrogen (secondary N) is 3. The first-order valence-electron chi connectivity index (χ1n) is 14.9. The fourth-order valence-electron chi connectivity index (χ4n) is 3.69. The standard InChI is InChI=1S/C28H46N4O12S/c1-2-40-21-25(36)30-20-22(31-24(35)5-18-45-23-19-26(37)32(28(23)39)7-3-8-33)27(38)29-6-11-42-13-15-44-17-16-43-14-12-41-10-4-9-34/h8-9,22-23H,2-7,10-21H2,1H3,(H,29,38)(H,30,36)(H,31,35)/t22-,23?/m1/s1. The van der Waals surface area contributed by atoms with Crippen molar-refractivity contribution < 1.29 is 57.2 Å². The molecule has 0 saturated carbocycles. The molecule has 0 spiro atoms. The van der Waals surface area contributed by atoms with Gasteiger partial charge in [0.15, 0.2) is 0 Å². The molecule has 0 bridgehead atoms. The molecule has 256 valence electrons. The van der Waals surface area contributed by atoms with E-state index in [-0.39, 0.29) is 69.7 Å². The Morgan fingerprint density at radius 2 is 1.49 bits per heavy atom. The number of carbonyl (C=O) groups excluding carboxylic acids is 7. The van der Waals surface area contributed by atoms with Crippen LogP contribution in [-0.2, 0) is 57.2 Å². The van der Waals surface area contributed by atoms with Gasteiger partial charge in [-0.3, -0.25) is 28.9 Å². The van der Waals surface area contributed by atoms with Crippen molar-refractivity contribution in [2.24, 2.45) is 0 Å². The van der Waals surface area contributed by atoms with Crippen molar-refractivity contribution in [3.05, 3.63) is 0 Å². The summed E-state index contributed by atoms with van der Waals surface area (Å²) >= 11 is 1.16. The average molecular weight is 663 g/mol. The SMILES string of the molecule is CCOCC(=O)NC[C@@H](NC(=O)CCSC1CC(=O)N(CCC=O)C1=O)C(=O)NCCOCCOCCOCCOCCC=O. The molecule has 2 atom stereocenters. The summed E-state index contributed by atoms with van der Waals surface area (Å²) in [5.41, 5.74) is 0. The van der Waals surface area contributed by atoms with E-state index in [0.717, 1.165) is 22.9 Å². The molecule has 0 radical (unpaired) electrons. The van der Waals surface area contributed by atoms with Gasteiger partial charge in [0, 0.05) is 57.7 Å². The molecule has 3 N–H and O–H groups in total. The minimum absolute atomic E-state index is 0.00427. The zero-order valence-electron chi connectivity index (χ0n) is 25.8. The predicted molar refractivity (Wildman–Crippen MR) is 161 cm³/mol. The molecule has 0 aromatic rings. The van der Waals surface area contributed by atoms with Crippen LogP contribution in [0.25, 0.3) is 0 Å². The summed E-state index contributed by atoms with van der Waals surface area (Å²) in [5, 5.41) is 7.19. The predicted octanol–water partition coefficient (Wildman–Crippen LogP) is -1.76. The summed E-state index contributed by atoms with van der Waals surface area (Å²) in [6.07, 6.45) is 1.84. The number of carbonyl (C=O) groups is 7. The van der Waals surface area contributed by atoms with E-state index in [1.54, 1.807) is 6.92 Å². The van der Waals surface area contributed by atoms with Gasteiger partial charge in [-0.1, -0.05) is 0 Å². The zero-order chi connectivity index (χ0) is 33.1. The molecule has 1 saturated heterocycles. The molecule has 1 rings (SSSR count). The number of ether oxygens (including phenoxy) is 5. The molecule has 1 unspecified atom stereocenters. The van der Waals surface area contributed by atoms with Gasteiger partial charge in [0.2, 0.25) is 29.5 Å². The van der Waals surface area contributed by atoms with Crippen molar-refractivity contribution in [2.75, 3.05) is 91.5 Å². The molecule has 17 heteroatoms. The van der Waals surface area contributed by atoms with Gasteiger partial charge in [0.05, 0.1) is 58.1 Å². The van der Waals surface area contributed by atoms with Crippen molar-refractivity contribution in [1.29, 1.82) is 0 Å². The van der Waals surface area contributed by atoms with Crippen molar-refractivity contribution in [2.45, 2.75) is 43.9 Å². The smallest absolute Gasteiger partial charge is 0.246 e. The van der Waals surface area contributed by atoms with Crippen LogP contribution in [-0.4, -0.2) is 150 Å². The van der Waals surface area contributed by atoms with Gasteiger partial charge in [-0.2, -0.15) is 0 Å². The molecule has 1 fully saturated rings. The van der Waals surface area contributed by atoms with Crippen LogP contribution in [0.3, 0.4) is 0 Å². The van der Waals surface area contributed by atoms with Crippen molar-refractivity contribution in [3.63, 3.8) is 0 Å². The Hall–Kier alpha value is -2.96. The maximum absolute atomic E-state index is 12.8. The lowest BCUT2D eigenvalue weighted by Crippen LogP contribution is -2.53. The van der Waals surface area contributed by atoms with Gasteiger partial charge < -0.3 is 49.2 Å². The molecule has 0 aromatic heterocycles. The Kier molecular flexibility index (Phi) is 23.4. The van der Waals surface area contributed by atoms with Gasteiger partial charge >= 0.3 is 0 Å². The highest BCUT2D eigenvalue weighted by molar-refractivity contribution is 8.00. The Bertz CT molecular complexity index is 926. The van der Waals surface area contributed by atoms with Crippen LogP contribution in [0.5, 0.6) is 0 Å². The number of aldehydes is 2. The summed E-state index contributed by atoms with van der Waals surface area (Å²) in [6, 6.07) is -1.07. The topological polar surface area (TPSA) is 205 Å². The van der Waals surface area contributed by atoms with Crippen LogP contribution in [0.2, 0.25) is 0 Å². The van der Waals surface area contributed by atoms with E-state index in [0.29, 0.717) is 65.6 Å². The average Bonchev–Trinajstić information content (AvgIpc) is 3.29. The molecule has 5 amide bonds. The van der Waals surface area contributed by atoms with Crippen molar-refractivity contribution in [3.8, 4) is 0 Å². The number of thioether (sulfide) groups is 1. The van der Waals surface area contributed by atoms with Gasteiger partial charge in [-0.15, -0.1) is 11.8 Å². The van der Waals surface area contributed by atoms with E-state index in [2.05, 4.69) is 16.0 Å². The van der Waals surface area contributed by atoms with Crippen LogP contribution >= 0.6 is 11.8 Å². The largest absolute Gasteiger partial charge is 0.379 e. The Morgan fingerprint density at radius 1 is 0.867 bits per heavy atom. The Morgan fingerprint density at radius 3 is 2.11 bits per heavy atom. The first-order chi connectivity index (χ1) is 21.8. The lowest BCUT2D eigenvalue weighted by atomic mass is 10.2. The molecule has 45 heavy (non-hydrogen) atoms. The van der Waals surface area contributed by atoms with Crippen LogP contribution in [0.15, 0.2) is 0 Å². The van der Waals surface area contributed by atoms with Crippen LogP contribution in [0.4, 0.5) is 0 Å². The number of hydrogen-bond donors (Lipinski definition) is 3. The molecule has 1 aliphatic heterocycles. The van der Waals surface area contributed by atoms with Gasteiger partial charge in [-0.05, 0) is 6.92 Å². The Balaban J connectivity index is 2.33. The normalized spacial score (nSPS) is 15.1. The van der Waals surface area contributed by atoms with Gasteiger partial charge in [-0.25, -0.2) is 0 Å². The summed E-state index contributed by atoms with van der Waals surface area (Å²) in [6.45, 7) is 4.67. The molecule has 16 nitrogen and oxygen atoms in total. The highest BCUT2D eigenvalue weighted by Crippen LogP contribution is 2.25. The van der Waals surface area contributed by atoms with Crippen LogP contribution in [0.1, 0.15) is 32.6 Å². The molecule has 1 heterocycles. The van der Waals surface area contributed by atoms with E-state index in [1.165, 1.54) is 0 Å². The third-order valence-electron chi connectivity index (χ3n) is 5.96. The highest BCUT2D eigenvalue weighted by Gasteiger charge is 2.38. The molecule has 0 aliphatic carbocycles. The second-order valence-electron chi connectivity index (χ2n) is 9.41. The number of rotatable bonds is 29. The molecular weight excluding hydrogens is 616 g/mol. The van der Waals surface area contributed by atoms with Gasteiger partial charge in [0.1, 0.15) is 25.2 Å². The number of nitrogens with zero attached hydrogens (tertiary/aromatic N) is 1. The maximum Gasteiger partial charge on any atom is 0.246 e. The van der Waals surface area contributed by atoms with Gasteiger partial charge in [0.25, 0.3) is 0 Å². The van der Waals surface area contributed by atoms with Crippen LogP contribution < -0.4 is 16.0 Å². The third-order valence-corrected chi connectivity index (χ3v) is 7.17. The summed E-state index contributed by atoms with van der Waals surface area (Å²) < 4.78 is 26.4. The fourth-order valence-corrected chi connectivity index (χ4v) is 4.81. The lowest BCUT2D eigenvalue weighted by molar-refractivity contribution is -0.138. The summed E-state index contributed by atoms with van der Waals surface area (Å²) in [4.78, 5) is 83.6. The fraction of sp³-hybridized carbons (Fsp3) is 0.750. The number of hydrogen-bond acceptors (Lipinski definition) is 13. The minimum Gasteiger partial charge on any atom is -0.379 e.